The third kappa shape index (κ3) is 2.70. The molecule has 2 aromatic heterocycles. The van der Waals surface area contributed by atoms with Crippen LogP contribution in [0.2, 0.25) is 0 Å². The van der Waals surface area contributed by atoms with Crippen LogP contribution < -0.4 is 0 Å². The van der Waals surface area contributed by atoms with Crippen LogP contribution in [0.25, 0.3) is 28.2 Å². The summed E-state index contributed by atoms with van der Waals surface area (Å²) in [4.78, 5) is 9.44. The smallest absolute Gasteiger partial charge is 0.146 e. The molecule has 4 heteroatoms. The van der Waals surface area contributed by atoms with Crippen molar-refractivity contribution in [2.24, 2.45) is 0 Å². The zero-order valence-electron chi connectivity index (χ0n) is 14.1. The van der Waals surface area contributed by atoms with E-state index < -0.39 is 0 Å². The molecule has 25 heavy (non-hydrogen) atoms. The molecule has 0 aliphatic rings. The van der Waals surface area contributed by atoms with Gasteiger partial charge >= 0.3 is 0 Å². The molecule has 2 aromatic carbocycles. The summed E-state index contributed by atoms with van der Waals surface area (Å²) in [6.45, 7) is 4.30. The van der Waals surface area contributed by atoms with Gasteiger partial charge in [0, 0.05) is 11.8 Å². The Morgan fingerprint density at radius 2 is 1.68 bits per heavy atom. The van der Waals surface area contributed by atoms with Gasteiger partial charge in [0.15, 0.2) is 0 Å². The van der Waals surface area contributed by atoms with Gasteiger partial charge in [0.1, 0.15) is 17.5 Å². The van der Waals surface area contributed by atoms with Crippen molar-refractivity contribution in [2.75, 3.05) is 0 Å². The highest BCUT2D eigenvalue weighted by molar-refractivity contribution is 5.83. The molecule has 0 radical (unpaired) electrons. The minimum absolute atomic E-state index is 0.257. The lowest BCUT2D eigenvalue weighted by Gasteiger charge is -2.15. The predicted octanol–water partition coefficient (Wildman–Crippen LogP) is 5.35. The van der Waals surface area contributed by atoms with Crippen molar-refractivity contribution in [2.45, 2.75) is 19.8 Å². The largest absolute Gasteiger partial charge is 0.276 e. The van der Waals surface area contributed by atoms with Crippen molar-refractivity contribution in [3.63, 3.8) is 0 Å². The molecule has 4 aromatic rings. The van der Waals surface area contributed by atoms with E-state index in [1.165, 1.54) is 12.1 Å². The summed E-state index contributed by atoms with van der Waals surface area (Å²) >= 11 is 0. The molecular weight excluding hydrogens is 313 g/mol. The van der Waals surface area contributed by atoms with Gasteiger partial charge in [-0.25, -0.2) is 14.4 Å². The van der Waals surface area contributed by atoms with Crippen molar-refractivity contribution < 1.29 is 4.39 Å². The number of fused-ring (bicyclic) bond motifs is 1. The molecule has 0 amide bonds. The van der Waals surface area contributed by atoms with Gasteiger partial charge < -0.3 is 0 Å². The van der Waals surface area contributed by atoms with E-state index in [1.807, 2.05) is 30.3 Å². The molecule has 0 N–H and O–H groups in total. The van der Waals surface area contributed by atoms with Crippen LogP contribution in [0.15, 0.2) is 66.9 Å². The second-order valence-electron chi connectivity index (χ2n) is 6.34. The zero-order valence-corrected chi connectivity index (χ0v) is 14.1. The number of nitrogens with zero attached hydrogens (tertiary/aromatic N) is 3. The molecule has 4 rings (SSSR count). The Labute approximate surface area is 145 Å². The fraction of sp³-hybridized carbons (Fsp3) is 0.143. The predicted molar refractivity (Wildman–Crippen MR) is 98.3 cm³/mol. The molecule has 0 saturated carbocycles. The molecule has 0 saturated heterocycles. The maximum absolute atomic E-state index is 13.4. The van der Waals surface area contributed by atoms with Crippen LogP contribution in [0, 0.1) is 5.82 Å². The number of aromatic nitrogens is 3. The Morgan fingerprint density at radius 3 is 2.44 bits per heavy atom. The first-order valence-corrected chi connectivity index (χ1v) is 8.34. The number of para-hydroxylation sites is 2. The van der Waals surface area contributed by atoms with Crippen molar-refractivity contribution in [1.82, 2.24) is 14.5 Å². The van der Waals surface area contributed by atoms with Crippen LogP contribution in [-0.4, -0.2) is 14.5 Å². The second kappa shape index (κ2) is 6.13. The molecule has 0 aliphatic carbocycles. The number of hydrogen-bond donors (Lipinski definition) is 0. The third-order valence-electron chi connectivity index (χ3n) is 4.31. The van der Waals surface area contributed by atoms with Crippen molar-refractivity contribution in [3.8, 4) is 17.2 Å². The number of hydrogen-bond acceptors (Lipinski definition) is 2. The van der Waals surface area contributed by atoms with Gasteiger partial charge in [-0.3, -0.25) is 4.57 Å². The number of benzene rings is 2. The first-order valence-electron chi connectivity index (χ1n) is 8.34. The van der Waals surface area contributed by atoms with Gasteiger partial charge in [-0.05, 0) is 53.9 Å². The van der Waals surface area contributed by atoms with E-state index in [0.29, 0.717) is 5.92 Å². The minimum atomic E-state index is -0.257. The molecule has 0 unspecified atom stereocenters. The van der Waals surface area contributed by atoms with Gasteiger partial charge in [0.05, 0.1) is 11.0 Å². The van der Waals surface area contributed by atoms with Crippen LogP contribution in [0.3, 0.4) is 0 Å². The van der Waals surface area contributed by atoms with Gasteiger partial charge in [0.25, 0.3) is 0 Å². The van der Waals surface area contributed by atoms with Gasteiger partial charge in [-0.1, -0.05) is 32.0 Å². The quantitative estimate of drug-likeness (QED) is 0.506. The monoisotopic (exact) mass is 331 g/mol. The van der Waals surface area contributed by atoms with Crippen LogP contribution in [0.1, 0.15) is 25.3 Å². The van der Waals surface area contributed by atoms with Gasteiger partial charge in [0.2, 0.25) is 0 Å². The zero-order chi connectivity index (χ0) is 17.4. The molecule has 0 spiro atoms. The highest BCUT2D eigenvalue weighted by Crippen LogP contribution is 2.31. The average Bonchev–Trinajstić information content (AvgIpc) is 3.01. The van der Waals surface area contributed by atoms with E-state index >= 15 is 0 Å². The van der Waals surface area contributed by atoms with E-state index in [0.717, 1.165) is 33.8 Å². The Kier molecular flexibility index (Phi) is 3.80. The Morgan fingerprint density at radius 1 is 0.920 bits per heavy atom. The average molecular weight is 331 g/mol. The molecule has 0 fully saturated rings. The van der Waals surface area contributed by atoms with E-state index in [2.05, 4.69) is 29.5 Å². The number of pyridine rings is 1. The molecule has 0 aliphatic heterocycles. The maximum Gasteiger partial charge on any atom is 0.146 e. The highest BCUT2D eigenvalue weighted by atomic mass is 19.1. The number of halogens is 1. The maximum atomic E-state index is 13.4. The molecule has 0 atom stereocenters. The van der Waals surface area contributed by atoms with Gasteiger partial charge in [-0.15, -0.1) is 0 Å². The summed E-state index contributed by atoms with van der Waals surface area (Å²) in [6, 6.07) is 18.5. The van der Waals surface area contributed by atoms with Crippen molar-refractivity contribution >= 4 is 11.0 Å². The fourth-order valence-electron chi connectivity index (χ4n) is 3.08. The lowest BCUT2D eigenvalue weighted by Crippen LogP contribution is -2.05. The summed E-state index contributed by atoms with van der Waals surface area (Å²) in [5, 5.41) is 0. The second-order valence-corrected chi connectivity index (χ2v) is 6.34. The SMILES string of the molecule is CC(C)c1cccnc1-n1c(-c2ccc(F)cc2)nc2ccccc21. The summed E-state index contributed by atoms with van der Waals surface area (Å²) in [7, 11) is 0. The molecule has 3 nitrogen and oxygen atoms in total. The standard InChI is InChI=1S/C21H18FN3/c1-14(2)17-6-5-13-23-21(17)25-19-8-4-3-7-18(19)24-20(25)15-9-11-16(22)12-10-15/h3-14H,1-2H3. The van der Waals surface area contributed by atoms with E-state index in [1.54, 1.807) is 18.3 Å². The normalized spacial score (nSPS) is 11.4. The van der Waals surface area contributed by atoms with Crippen LogP contribution >= 0.6 is 0 Å². The molecule has 2 heterocycles. The summed E-state index contributed by atoms with van der Waals surface area (Å²) in [5.41, 5.74) is 3.89. The molecular formula is C21H18FN3. The number of rotatable bonds is 3. The number of imidazole rings is 1. The highest BCUT2D eigenvalue weighted by Gasteiger charge is 2.18. The van der Waals surface area contributed by atoms with Gasteiger partial charge in [-0.2, -0.15) is 0 Å². The molecule has 124 valence electrons. The lowest BCUT2D eigenvalue weighted by molar-refractivity contribution is 0.628. The van der Waals surface area contributed by atoms with Crippen LogP contribution in [0.5, 0.6) is 0 Å². The van der Waals surface area contributed by atoms with Crippen LogP contribution in [0.4, 0.5) is 4.39 Å². The van der Waals surface area contributed by atoms with Crippen LogP contribution in [-0.2, 0) is 0 Å². The summed E-state index contributed by atoms with van der Waals surface area (Å²) in [5.74, 6) is 1.70. The summed E-state index contributed by atoms with van der Waals surface area (Å²) in [6.07, 6.45) is 1.80. The molecule has 0 bridgehead atoms. The van der Waals surface area contributed by atoms with Crippen molar-refractivity contribution in [3.05, 3.63) is 78.2 Å². The fourth-order valence-corrected chi connectivity index (χ4v) is 3.08. The van der Waals surface area contributed by atoms with E-state index in [4.69, 9.17) is 4.98 Å². The Hall–Kier alpha value is -3.01. The first kappa shape index (κ1) is 15.5. The van der Waals surface area contributed by atoms with Crippen molar-refractivity contribution in [1.29, 1.82) is 0 Å². The Balaban J connectivity index is 2.06. The topological polar surface area (TPSA) is 30.7 Å². The van der Waals surface area contributed by atoms with E-state index in [9.17, 15) is 4.39 Å². The third-order valence-corrected chi connectivity index (χ3v) is 4.31. The Bertz CT molecular complexity index is 1030. The summed E-state index contributed by atoms with van der Waals surface area (Å²) < 4.78 is 15.4. The first-order chi connectivity index (χ1) is 12.1. The minimum Gasteiger partial charge on any atom is -0.276 e. The lowest BCUT2D eigenvalue weighted by atomic mass is 10.0. The van der Waals surface area contributed by atoms with E-state index in [-0.39, 0.29) is 5.82 Å².